The van der Waals surface area contributed by atoms with Crippen molar-refractivity contribution in [3.8, 4) is 0 Å². The van der Waals surface area contributed by atoms with Crippen LogP contribution in [0, 0.1) is 5.21 Å². The van der Waals surface area contributed by atoms with Gasteiger partial charge in [0.1, 0.15) is 6.10 Å². The Kier molecular flexibility index (Phi) is 4.52. The summed E-state index contributed by atoms with van der Waals surface area (Å²) < 4.78 is 18.2. The smallest absolute Gasteiger partial charge is 0.219 e. The minimum atomic E-state index is -1.97. The second kappa shape index (κ2) is 5.56. The zero-order valence-corrected chi connectivity index (χ0v) is 15.6. The zero-order valence-electron chi connectivity index (χ0n) is 14.6. The molecule has 0 aliphatic carbocycles. The van der Waals surface area contributed by atoms with Crippen molar-refractivity contribution in [2.45, 2.75) is 82.9 Å². The molecule has 7 heteroatoms. The molecule has 0 radical (unpaired) electrons. The van der Waals surface area contributed by atoms with Crippen molar-refractivity contribution in [3.05, 3.63) is 5.21 Å². The van der Waals surface area contributed by atoms with E-state index in [-0.39, 0.29) is 11.6 Å². The summed E-state index contributed by atoms with van der Waals surface area (Å²) in [4.78, 5) is 0. The number of ether oxygens (including phenoxy) is 2. The highest BCUT2D eigenvalue weighted by Crippen LogP contribution is 2.37. The van der Waals surface area contributed by atoms with Crippen LogP contribution in [-0.2, 0) is 13.9 Å². The average Bonchev–Trinajstić information content (AvgIpc) is 2.74. The van der Waals surface area contributed by atoms with Crippen LogP contribution in [-0.4, -0.2) is 61.1 Å². The van der Waals surface area contributed by atoms with Crippen molar-refractivity contribution < 1.29 is 23.7 Å². The van der Waals surface area contributed by atoms with Crippen molar-refractivity contribution in [3.63, 3.8) is 0 Å². The number of hydroxylamine groups is 1. The van der Waals surface area contributed by atoms with E-state index >= 15 is 0 Å². The number of aliphatic hydroxyl groups is 1. The van der Waals surface area contributed by atoms with Crippen molar-refractivity contribution in [1.29, 1.82) is 0 Å². The van der Waals surface area contributed by atoms with Crippen LogP contribution in [0.5, 0.6) is 0 Å². The van der Waals surface area contributed by atoms with Gasteiger partial charge in [0.25, 0.3) is 0 Å². The molecular weight excluding hydrogens is 302 g/mol. The first-order valence-corrected chi connectivity index (χ1v) is 10.7. The predicted octanol–water partition coefficient (Wildman–Crippen LogP) is 1.85. The molecule has 0 amide bonds. The van der Waals surface area contributed by atoms with E-state index in [2.05, 4.69) is 33.9 Å². The SMILES string of the molecule is CC1(C)O[C@H]2[C@H]([C@@H](O)CO[Si](C)(C)C(C)(C)C)[N+]([O-])=C[C@H]2O1. The molecule has 22 heavy (non-hydrogen) atoms. The lowest BCUT2D eigenvalue weighted by Crippen LogP contribution is -2.49. The van der Waals surface area contributed by atoms with Crippen LogP contribution < -0.4 is 0 Å². The zero-order chi connectivity index (χ0) is 16.9. The fourth-order valence-corrected chi connectivity index (χ4v) is 3.60. The molecular formula is C15H29NO5Si. The van der Waals surface area contributed by atoms with Gasteiger partial charge in [-0.05, 0) is 32.0 Å². The first kappa shape index (κ1) is 17.9. The minimum absolute atomic E-state index is 0.0587. The minimum Gasteiger partial charge on any atom is -0.624 e. The van der Waals surface area contributed by atoms with E-state index in [1.807, 2.05) is 13.8 Å². The maximum absolute atomic E-state index is 12.1. The third-order valence-electron chi connectivity index (χ3n) is 4.90. The molecule has 0 unspecified atom stereocenters. The predicted molar refractivity (Wildman–Crippen MR) is 86.5 cm³/mol. The van der Waals surface area contributed by atoms with Crippen LogP contribution in [0.4, 0.5) is 0 Å². The number of aliphatic hydroxyl groups excluding tert-OH is 1. The van der Waals surface area contributed by atoms with E-state index in [1.54, 1.807) is 0 Å². The molecule has 0 bridgehead atoms. The summed E-state index contributed by atoms with van der Waals surface area (Å²) >= 11 is 0. The Morgan fingerprint density at radius 2 is 1.95 bits per heavy atom. The maximum Gasteiger partial charge on any atom is 0.219 e. The van der Waals surface area contributed by atoms with Gasteiger partial charge in [-0.3, -0.25) is 0 Å². The largest absolute Gasteiger partial charge is 0.624 e. The van der Waals surface area contributed by atoms with Crippen LogP contribution in [0.2, 0.25) is 18.1 Å². The van der Waals surface area contributed by atoms with E-state index in [9.17, 15) is 10.3 Å². The summed E-state index contributed by atoms with van der Waals surface area (Å²) in [6.45, 7) is 14.4. The van der Waals surface area contributed by atoms with Gasteiger partial charge in [0.15, 0.2) is 32.5 Å². The van der Waals surface area contributed by atoms with Gasteiger partial charge in [-0.2, -0.15) is 0 Å². The fourth-order valence-electron chi connectivity index (χ4n) is 2.58. The highest BCUT2D eigenvalue weighted by atomic mass is 28.4. The second-order valence-corrected chi connectivity index (χ2v) is 13.0. The van der Waals surface area contributed by atoms with Crippen molar-refractivity contribution >= 4 is 14.5 Å². The highest BCUT2D eigenvalue weighted by Gasteiger charge is 2.56. The number of hydrogen-bond acceptors (Lipinski definition) is 5. The fraction of sp³-hybridized carbons (Fsp3) is 0.933. The second-order valence-electron chi connectivity index (χ2n) is 8.20. The van der Waals surface area contributed by atoms with Crippen LogP contribution in [0.25, 0.3) is 0 Å². The lowest BCUT2D eigenvalue weighted by Gasteiger charge is -2.37. The molecule has 0 aromatic rings. The van der Waals surface area contributed by atoms with Gasteiger partial charge in [0.05, 0.1) is 6.61 Å². The summed E-state index contributed by atoms with van der Waals surface area (Å²) in [5.41, 5.74) is 0. The van der Waals surface area contributed by atoms with E-state index in [0.29, 0.717) is 0 Å². The number of fused-ring (bicyclic) bond motifs is 1. The highest BCUT2D eigenvalue weighted by molar-refractivity contribution is 6.74. The van der Waals surface area contributed by atoms with Crippen LogP contribution in [0.15, 0.2) is 0 Å². The van der Waals surface area contributed by atoms with Gasteiger partial charge in [-0.15, -0.1) is 0 Å². The molecule has 0 aromatic carbocycles. The molecule has 1 N–H and O–H groups in total. The van der Waals surface area contributed by atoms with Gasteiger partial charge in [0, 0.05) is 0 Å². The third kappa shape index (κ3) is 3.38. The van der Waals surface area contributed by atoms with Crippen molar-refractivity contribution in [2.75, 3.05) is 6.61 Å². The molecule has 0 aromatic heterocycles. The van der Waals surface area contributed by atoms with Gasteiger partial charge in [-0.1, -0.05) is 20.8 Å². The first-order valence-electron chi connectivity index (χ1n) is 7.82. The maximum atomic E-state index is 12.1. The summed E-state index contributed by atoms with van der Waals surface area (Å²) in [5.74, 6) is -0.731. The molecule has 6 nitrogen and oxygen atoms in total. The quantitative estimate of drug-likeness (QED) is 0.483. The van der Waals surface area contributed by atoms with Crippen molar-refractivity contribution in [2.24, 2.45) is 0 Å². The molecule has 4 atom stereocenters. The Balaban J connectivity index is 2.01. The monoisotopic (exact) mass is 331 g/mol. The Hall–Kier alpha value is -0.473. The summed E-state index contributed by atoms with van der Waals surface area (Å²) in [6, 6.07) is -0.684. The van der Waals surface area contributed by atoms with Crippen LogP contribution in [0.3, 0.4) is 0 Å². The molecule has 2 heterocycles. The molecule has 128 valence electrons. The third-order valence-corrected chi connectivity index (χ3v) is 9.40. The summed E-state index contributed by atoms with van der Waals surface area (Å²) in [7, 11) is -1.97. The van der Waals surface area contributed by atoms with E-state index in [1.165, 1.54) is 6.21 Å². The first-order chi connectivity index (χ1) is 9.84. The summed E-state index contributed by atoms with van der Waals surface area (Å²) in [6.07, 6.45) is -0.319. The molecule has 1 saturated heterocycles. The number of hydrogen-bond donors (Lipinski definition) is 1. The van der Waals surface area contributed by atoms with Gasteiger partial charge in [0.2, 0.25) is 6.04 Å². The van der Waals surface area contributed by atoms with Crippen molar-refractivity contribution in [1.82, 2.24) is 0 Å². The van der Waals surface area contributed by atoms with E-state index in [4.69, 9.17) is 13.9 Å². The molecule has 0 spiro atoms. The Labute approximate surface area is 133 Å². The van der Waals surface area contributed by atoms with Gasteiger partial charge in [-0.25, -0.2) is 4.74 Å². The van der Waals surface area contributed by atoms with Gasteiger partial charge >= 0.3 is 0 Å². The number of nitrogens with zero attached hydrogens (tertiary/aromatic N) is 1. The van der Waals surface area contributed by atoms with Crippen LogP contribution >= 0.6 is 0 Å². The molecule has 1 fully saturated rings. The molecule has 2 aliphatic heterocycles. The normalized spacial score (nSPS) is 32.7. The lowest BCUT2D eigenvalue weighted by atomic mass is 10.1. The average molecular weight is 331 g/mol. The van der Waals surface area contributed by atoms with Gasteiger partial charge < -0.3 is 24.2 Å². The van der Waals surface area contributed by atoms with Crippen LogP contribution in [0.1, 0.15) is 34.6 Å². The molecule has 2 rings (SSSR count). The summed E-state index contributed by atoms with van der Waals surface area (Å²) in [5, 5.41) is 22.6. The Morgan fingerprint density at radius 1 is 1.36 bits per heavy atom. The Morgan fingerprint density at radius 3 is 2.50 bits per heavy atom. The van der Waals surface area contributed by atoms with E-state index < -0.39 is 38.5 Å². The molecule has 2 aliphatic rings. The topological polar surface area (TPSA) is 74.0 Å². The lowest BCUT2D eigenvalue weighted by molar-refractivity contribution is -0.514. The molecule has 0 saturated carbocycles. The standard InChI is InChI=1S/C15H29NO5Si/c1-14(2,3)22(6,7)19-9-10(17)12-13-11(8-16(12)18)20-15(4,5)21-13/h8,10-13,17H,9H2,1-7H3/t10-,11+,12-,13+/m0/s1. The Bertz CT molecular complexity index is 457. The van der Waals surface area contributed by atoms with E-state index in [0.717, 1.165) is 4.74 Å². The number of rotatable bonds is 4.